The lowest BCUT2D eigenvalue weighted by Crippen LogP contribution is -2.07. The monoisotopic (exact) mass is 259 g/mol. The molecule has 2 aromatic heterocycles. The predicted octanol–water partition coefficient (Wildman–Crippen LogP) is 4.32. The quantitative estimate of drug-likeness (QED) is 0.728. The van der Waals surface area contributed by atoms with Crippen molar-refractivity contribution in [3.05, 3.63) is 57.1 Å². The summed E-state index contributed by atoms with van der Waals surface area (Å²) in [4.78, 5) is 3.80. The second-order valence-corrected chi connectivity index (χ2v) is 6.55. The first-order valence-electron chi connectivity index (χ1n) is 5.54. The Morgan fingerprint density at radius 1 is 1.00 bits per heavy atom. The van der Waals surface area contributed by atoms with Crippen molar-refractivity contribution in [2.75, 3.05) is 0 Å². The van der Waals surface area contributed by atoms with Crippen LogP contribution in [0.4, 0.5) is 0 Å². The SMILES string of the molecule is Cc1ccc(C(N)c2cc3ccccc3s2)s1. The van der Waals surface area contributed by atoms with Crippen LogP contribution in [0, 0.1) is 6.92 Å². The van der Waals surface area contributed by atoms with Gasteiger partial charge >= 0.3 is 0 Å². The second kappa shape index (κ2) is 4.26. The maximum absolute atomic E-state index is 6.31. The van der Waals surface area contributed by atoms with Gasteiger partial charge in [0.25, 0.3) is 0 Å². The number of aryl methyl sites for hydroxylation is 1. The maximum Gasteiger partial charge on any atom is 0.0740 e. The van der Waals surface area contributed by atoms with Crippen LogP contribution in [0.15, 0.2) is 42.5 Å². The zero-order valence-corrected chi connectivity index (χ0v) is 11.1. The van der Waals surface area contributed by atoms with Gasteiger partial charge in [-0.1, -0.05) is 18.2 Å². The number of nitrogens with two attached hydrogens (primary N) is 1. The second-order valence-electron chi connectivity index (χ2n) is 4.11. The van der Waals surface area contributed by atoms with Gasteiger partial charge in [-0.25, -0.2) is 0 Å². The summed E-state index contributed by atoms with van der Waals surface area (Å²) in [5.74, 6) is 0. The molecule has 0 saturated carbocycles. The van der Waals surface area contributed by atoms with Crippen LogP contribution < -0.4 is 5.73 Å². The Bertz CT molecular complexity index is 618. The van der Waals surface area contributed by atoms with Gasteiger partial charge in [-0.05, 0) is 36.6 Å². The highest BCUT2D eigenvalue weighted by molar-refractivity contribution is 7.19. The summed E-state index contributed by atoms with van der Waals surface area (Å²) < 4.78 is 1.31. The molecule has 0 aliphatic heterocycles. The fraction of sp³-hybridized carbons (Fsp3) is 0.143. The summed E-state index contributed by atoms with van der Waals surface area (Å²) in [7, 11) is 0. The third-order valence-electron chi connectivity index (χ3n) is 2.82. The smallest absolute Gasteiger partial charge is 0.0740 e. The van der Waals surface area contributed by atoms with Crippen LogP contribution in [0.3, 0.4) is 0 Å². The number of thiophene rings is 2. The average molecular weight is 259 g/mol. The molecule has 86 valence electrons. The maximum atomic E-state index is 6.31. The van der Waals surface area contributed by atoms with Crippen molar-refractivity contribution in [1.29, 1.82) is 0 Å². The van der Waals surface area contributed by atoms with E-state index in [1.807, 2.05) is 0 Å². The minimum absolute atomic E-state index is 0.0195. The van der Waals surface area contributed by atoms with E-state index in [-0.39, 0.29) is 6.04 Å². The third-order valence-corrected chi connectivity index (χ3v) is 5.10. The van der Waals surface area contributed by atoms with Crippen molar-refractivity contribution < 1.29 is 0 Å². The summed E-state index contributed by atoms with van der Waals surface area (Å²) in [6.45, 7) is 2.12. The van der Waals surface area contributed by atoms with Crippen LogP contribution in [0.5, 0.6) is 0 Å². The lowest BCUT2D eigenvalue weighted by Gasteiger charge is -2.05. The molecule has 1 atom stereocenters. The molecule has 3 rings (SSSR count). The standard InChI is InChI=1S/C14H13NS2/c1-9-6-7-12(16-9)14(15)13-8-10-4-2-3-5-11(10)17-13/h2-8,14H,15H2,1H3. The highest BCUT2D eigenvalue weighted by Crippen LogP contribution is 2.34. The first-order valence-corrected chi connectivity index (χ1v) is 7.18. The van der Waals surface area contributed by atoms with Gasteiger partial charge in [-0.2, -0.15) is 0 Å². The molecule has 0 aliphatic carbocycles. The van der Waals surface area contributed by atoms with Crippen LogP contribution in [0.1, 0.15) is 20.7 Å². The van der Waals surface area contributed by atoms with Gasteiger partial charge in [-0.15, -0.1) is 22.7 Å². The Labute approximate surface area is 109 Å². The molecule has 1 aromatic carbocycles. The van der Waals surface area contributed by atoms with Gasteiger partial charge in [-0.3, -0.25) is 0 Å². The Balaban J connectivity index is 2.03. The summed E-state index contributed by atoms with van der Waals surface area (Å²) >= 11 is 3.57. The fourth-order valence-electron chi connectivity index (χ4n) is 1.92. The van der Waals surface area contributed by atoms with Crippen LogP contribution >= 0.6 is 22.7 Å². The number of hydrogen-bond acceptors (Lipinski definition) is 3. The summed E-state index contributed by atoms with van der Waals surface area (Å²) in [5.41, 5.74) is 6.31. The third kappa shape index (κ3) is 2.02. The Hall–Kier alpha value is -1.16. The van der Waals surface area contributed by atoms with Gasteiger partial charge in [0.1, 0.15) is 0 Å². The fourth-order valence-corrected chi connectivity index (χ4v) is 3.97. The van der Waals surface area contributed by atoms with Crippen LogP contribution in [0.2, 0.25) is 0 Å². The number of rotatable bonds is 2. The van der Waals surface area contributed by atoms with E-state index in [4.69, 9.17) is 5.73 Å². The minimum atomic E-state index is 0.0195. The molecule has 3 aromatic rings. The predicted molar refractivity (Wildman–Crippen MR) is 76.9 cm³/mol. The van der Waals surface area contributed by atoms with Crippen molar-refractivity contribution in [1.82, 2.24) is 0 Å². The molecule has 0 radical (unpaired) electrons. The Morgan fingerprint density at radius 3 is 2.53 bits per heavy atom. The summed E-state index contributed by atoms with van der Waals surface area (Å²) in [6, 6.07) is 14.9. The van der Waals surface area contributed by atoms with E-state index < -0.39 is 0 Å². The molecule has 2 heterocycles. The number of hydrogen-bond donors (Lipinski definition) is 1. The van der Waals surface area contributed by atoms with Crippen molar-refractivity contribution in [3.8, 4) is 0 Å². The Kier molecular flexibility index (Phi) is 2.74. The molecule has 0 spiro atoms. The lowest BCUT2D eigenvalue weighted by atomic mass is 10.2. The van der Waals surface area contributed by atoms with Gasteiger partial charge < -0.3 is 5.73 Å². The van der Waals surface area contributed by atoms with Crippen molar-refractivity contribution in [2.45, 2.75) is 13.0 Å². The summed E-state index contributed by atoms with van der Waals surface area (Å²) in [6.07, 6.45) is 0. The first kappa shape index (κ1) is 11.0. The molecule has 1 nitrogen and oxygen atoms in total. The molecule has 0 bridgehead atoms. The highest BCUT2D eigenvalue weighted by Gasteiger charge is 2.13. The average Bonchev–Trinajstić information content (AvgIpc) is 2.93. The van der Waals surface area contributed by atoms with Gasteiger partial charge in [0.15, 0.2) is 0 Å². The van der Waals surface area contributed by atoms with E-state index in [0.717, 1.165) is 0 Å². The molecule has 0 aliphatic rings. The Morgan fingerprint density at radius 2 is 1.82 bits per heavy atom. The molecule has 17 heavy (non-hydrogen) atoms. The van der Waals surface area contributed by atoms with E-state index in [1.165, 1.54) is 24.7 Å². The van der Waals surface area contributed by atoms with Gasteiger partial charge in [0, 0.05) is 19.3 Å². The van der Waals surface area contributed by atoms with Crippen molar-refractivity contribution >= 4 is 32.8 Å². The zero-order valence-electron chi connectivity index (χ0n) is 9.51. The van der Waals surface area contributed by atoms with Crippen LogP contribution in [-0.2, 0) is 0 Å². The van der Waals surface area contributed by atoms with E-state index in [1.54, 1.807) is 22.7 Å². The topological polar surface area (TPSA) is 26.0 Å². The van der Waals surface area contributed by atoms with E-state index >= 15 is 0 Å². The zero-order chi connectivity index (χ0) is 11.8. The number of benzene rings is 1. The van der Waals surface area contributed by atoms with Gasteiger partial charge in [0.05, 0.1) is 6.04 Å². The molecular formula is C14H13NS2. The molecular weight excluding hydrogens is 246 g/mol. The highest BCUT2D eigenvalue weighted by atomic mass is 32.1. The van der Waals surface area contributed by atoms with E-state index in [2.05, 4.69) is 49.4 Å². The molecule has 0 saturated heterocycles. The lowest BCUT2D eigenvalue weighted by molar-refractivity contribution is 0.918. The molecule has 0 fully saturated rings. The molecule has 1 unspecified atom stereocenters. The summed E-state index contributed by atoms with van der Waals surface area (Å²) in [5, 5.41) is 1.29. The van der Waals surface area contributed by atoms with Crippen molar-refractivity contribution in [2.24, 2.45) is 5.73 Å². The minimum Gasteiger partial charge on any atom is -0.319 e. The van der Waals surface area contributed by atoms with E-state index in [0.29, 0.717) is 0 Å². The van der Waals surface area contributed by atoms with Crippen LogP contribution in [0.25, 0.3) is 10.1 Å². The first-order chi connectivity index (χ1) is 8.24. The van der Waals surface area contributed by atoms with Crippen LogP contribution in [-0.4, -0.2) is 0 Å². The van der Waals surface area contributed by atoms with E-state index in [9.17, 15) is 0 Å². The normalized spacial score (nSPS) is 13.1. The molecule has 0 amide bonds. The van der Waals surface area contributed by atoms with Crippen molar-refractivity contribution in [3.63, 3.8) is 0 Å². The van der Waals surface area contributed by atoms with Gasteiger partial charge in [0.2, 0.25) is 0 Å². The number of fused-ring (bicyclic) bond motifs is 1. The largest absolute Gasteiger partial charge is 0.319 e. The molecule has 3 heteroatoms. The molecule has 2 N–H and O–H groups in total.